The van der Waals surface area contributed by atoms with Crippen LogP contribution in [-0.4, -0.2) is 28.1 Å². The summed E-state index contributed by atoms with van der Waals surface area (Å²) in [4.78, 5) is 0. The van der Waals surface area contributed by atoms with Crippen LogP contribution in [0.4, 0.5) is 0 Å². The molecule has 1 fully saturated rings. The molecule has 1 saturated heterocycles. The van der Waals surface area contributed by atoms with Crippen LogP contribution in [0.1, 0.15) is 6.92 Å². The van der Waals surface area contributed by atoms with Gasteiger partial charge in [0.15, 0.2) is 0 Å². The van der Waals surface area contributed by atoms with E-state index in [4.69, 9.17) is 9.16 Å². The van der Waals surface area contributed by atoms with Gasteiger partial charge >= 0.3 is 0 Å². The summed E-state index contributed by atoms with van der Waals surface area (Å²) in [5.41, 5.74) is 0.249. The quantitative estimate of drug-likeness (QED) is 0.746. The predicted octanol–water partition coefficient (Wildman–Crippen LogP) is 2.15. The van der Waals surface area contributed by atoms with E-state index in [9.17, 15) is 0 Å². The maximum atomic E-state index is 6.18. The second-order valence-electron chi connectivity index (χ2n) is 5.47. The summed E-state index contributed by atoms with van der Waals surface area (Å²) in [6.45, 7) is 9.24. The van der Waals surface area contributed by atoms with Crippen LogP contribution in [0.25, 0.3) is 0 Å². The Morgan fingerprint density at radius 1 is 1.25 bits per heavy atom. The lowest BCUT2D eigenvalue weighted by Gasteiger charge is -2.40. The Bertz CT molecular complexity index is 344. The molecule has 0 N–H and O–H groups in total. The van der Waals surface area contributed by atoms with Crippen LogP contribution >= 0.6 is 0 Å². The molecule has 0 aromatic heterocycles. The van der Waals surface area contributed by atoms with Gasteiger partial charge in [0, 0.05) is 12.0 Å². The molecule has 2 rings (SSSR count). The summed E-state index contributed by atoms with van der Waals surface area (Å²) >= 11 is 0. The predicted molar refractivity (Wildman–Crippen MR) is 68.4 cm³/mol. The zero-order valence-corrected chi connectivity index (χ0v) is 11.3. The van der Waals surface area contributed by atoms with Gasteiger partial charge in [0.05, 0.1) is 13.2 Å². The largest absolute Gasteiger partial charge is 0.412 e. The molecule has 0 radical (unpaired) electrons. The molecule has 0 aliphatic carbocycles. The van der Waals surface area contributed by atoms with Crippen LogP contribution in [0, 0.1) is 5.41 Å². The lowest BCUT2D eigenvalue weighted by Crippen LogP contribution is -2.51. The van der Waals surface area contributed by atoms with Crippen molar-refractivity contribution < 1.29 is 9.16 Å². The number of hydrogen-bond donors (Lipinski definition) is 0. The molecule has 88 valence electrons. The fourth-order valence-electron chi connectivity index (χ4n) is 1.81. The fraction of sp³-hybridized carbons (Fsp3) is 0.538. The van der Waals surface area contributed by atoms with Crippen LogP contribution < -0.4 is 5.19 Å². The zero-order chi connectivity index (χ0) is 11.6. The molecule has 0 bridgehead atoms. The normalized spacial score (nSPS) is 19.2. The smallest absolute Gasteiger partial charge is 0.218 e. The van der Waals surface area contributed by atoms with Crippen molar-refractivity contribution >= 4 is 13.5 Å². The zero-order valence-electron chi connectivity index (χ0n) is 10.3. The van der Waals surface area contributed by atoms with Gasteiger partial charge in [-0.2, -0.15) is 0 Å². The standard InChI is InChI=1S/C13H20O2Si/c1-13(9-14-10-13)11-15-16(2,3)12-7-5-4-6-8-12/h4-8H,9-11H2,1-3H3. The first-order chi connectivity index (χ1) is 7.52. The molecule has 1 aromatic carbocycles. The van der Waals surface area contributed by atoms with Gasteiger partial charge in [-0.3, -0.25) is 0 Å². The summed E-state index contributed by atoms with van der Waals surface area (Å²) in [6.07, 6.45) is 0. The van der Waals surface area contributed by atoms with Gasteiger partial charge < -0.3 is 9.16 Å². The highest BCUT2D eigenvalue weighted by atomic mass is 28.4. The number of rotatable bonds is 4. The highest BCUT2D eigenvalue weighted by Crippen LogP contribution is 2.27. The lowest BCUT2D eigenvalue weighted by atomic mass is 9.90. The highest BCUT2D eigenvalue weighted by Gasteiger charge is 2.36. The maximum absolute atomic E-state index is 6.18. The van der Waals surface area contributed by atoms with Crippen LogP contribution in [0.3, 0.4) is 0 Å². The van der Waals surface area contributed by atoms with Gasteiger partial charge in [-0.15, -0.1) is 0 Å². The Hall–Kier alpha value is -0.643. The van der Waals surface area contributed by atoms with E-state index >= 15 is 0 Å². The van der Waals surface area contributed by atoms with Gasteiger partial charge in [-0.25, -0.2) is 0 Å². The molecule has 1 aliphatic heterocycles. The van der Waals surface area contributed by atoms with Crippen LogP contribution in [-0.2, 0) is 9.16 Å². The first-order valence-corrected chi connectivity index (χ1v) is 8.70. The van der Waals surface area contributed by atoms with Crippen molar-refractivity contribution in [2.24, 2.45) is 5.41 Å². The average molecular weight is 236 g/mol. The van der Waals surface area contributed by atoms with Gasteiger partial charge in [0.2, 0.25) is 8.32 Å². The van der Waals surface area contributed by atoms with E-state index in [1.54, 1.807) is 0 Å². The summed E-state index contributed by atoms with van der Waals surface area (Å²) < 4.78 is 11.4. The van der Waals surface area contributed by atoms with Crippen LogP contribution in [0.5, 0.6) is 0 Å². The summed E-state index contributed by atoms with van der Waals surface area (Å²) in [5, 5.41) is 1.36. The lowest BCUT2D eigenvalue weighted by molar-refractivity contribution is -0.121. The first kappa shape index (κ1) is 11.8. The summed E-state index contributed by atoms with van der Waals surface area (Å²) in [5.74, 6) is 0. The third-order valence-corrected chi connectivity index (χ3v) is 5.74. The van der Waals surface area contributed by atoms with E-state index < -0.39 is 8.32 Å². The third kappa shape index (κ3) is 2.54. The van der Waals surface area contributed by atoms with E-state index in [0.29, 0.717) is 0 Å². The molecule has 0 unspecified atom stereocenters. The summed E-state index contributed by atoms with van der Waals surface area (Å²) in [7, 11) is -1.73. The van der Waals surface area contributed by atoms with Crippen LogP contribution in [0.15, 0.2) is 30.3 Å². The third-order valence-electron chi connectivity index (χ3n) is 3.15. The molecule has 3 heteroatoms. The molecule has 0 amide bonds. The van der Waals surface area contributed by atoms with E-state index in [2.05, 4.69) is 50.3 Å². The molecule has 1 heterocycles. The minimum absolute atomic E-state index is 0.249. The average Bonchev–Trinajstić information content (AvgIpc) is 2.25. The first-order valence-electron chi connectivity index (χ1n) is 5.79. The minimum atomic E-state index is -1.73. The fourth-order valence-corrected chi connectivity index (χ4v) is 3.68. The van der Waals surface area contributed by atoms with E-state index in [-0.39, 0.29) is 5.41 Å². The van der Waals surface area contributed by atoms with Crippen molar-refractivity contribution in [1.82, 2.24) is 0 Å². The van der Waals surface area contributed by atoms with Gasteiger partial charge in [0.25, 0.3) is 0 Å². The van der Waals surface area contributed by atoms with Gasteiger partial charge in [-0.1, -0.05) is 37.3 Å². The van der Waals surface area contributed by atoms with E-state index in [1.807, 2.05) is 0 Å². The monoisotopic (exact) mass is 236 g/mol. The molecular formula is C13H20O2Si. The molecule has 1 aliphatic rings. The van der Waals surface area contributed by atoms with Crippen molar-refractivity contribution in [3.8, 4) is 0 Å². The Morgan fingerprint density at radius 3 is 2.38 bits per heavy atom. The molecule has 0 atom stereocenters. The molecular weight excluding hydrogens is 216 g/mol. The highest BCUT2D eigenvalue weighted by molar-refractivity contribution is 6.84. The van der Waals surface area contributed by atoms with Crippen molar-refractivity contribution in [2.45, 2.75) is 20.0 Å². The second kappa shape index (κ2) is 4.32. The van der Waals surface area contributed by atoms with Gasteiger partial charge in [0.1, 0.15) is 0 Å². The summed E-state index contributed by atoms with van der Waals surface area (Å²) in [6, 6.07) is 10.6. The molecule has 16 heavy (non-hydrogen) atoms. The van der Waals surface area contributed by atoms with E-state index in [1.165, 1.54) is 5.19 Å². The number of benzene rings is 1. The van der Waals surface area contributed by atoms with E-state index in [0.717, 1.165) is 19.8 Å². The SMILES string of the molecule is CC1(CO[Si](C)(C)c2ccccc2)COC1. The van der Waals surface area contributed by atoms with Crippen LogP contribution in [0.2, 0.25) is 13.1 Å². The number of hydrogen-bond acceptors (Lipinski definition) is 2. The number of ether oxygens (including phenoxy) is 1. The Balaban J connectivity index is 1.97. The topological polar surface area (TPSA) is 18.5 Å². The molecule has 2 nitrogen and oxygen atoms in total. The van der Waals surface area contributed by atoms with Crippen molar-refractivity contribution in [2.75, 3.05) is 19.8 Å². The van der Waals surface area contributed by atoms with Crippen molar-refractivity contribution in [3.05, 3.63) is 30.3 Å². The molecule has 1 aromatic rings. The Labute approximate surface area is 98.7 Å². The Kier molecular flexibility index (Phi) is 3.19. The van der Waals surface area contributed by atoms with Gasteiger partial charge in [-0.05, 0) is 18.3 Å². The van der Waals surface area contributed by atoms with Crippen molar-refractivity contribution in [3.63, 3.8) is 0 Å². The molecule has 0 spiro atoms. The minimum Gasteiger partial charge on any atom is -0.412 e. The Morgan fingerprint density at radius 2 is 1.88 bits per heavy atom. The molecule has 0 saturated carbocycles. The second-order valence-corrected chi connectivity index (χ2v) is 9.36. The van der Waals surface area contributed by atoms with Crippen molar-refractivity contribution in [1.29, 1.82) is 0 Å². The maximum Gasteiger partial charge on any atom is 0.218 e.